The smallest absolute Gasteiger partial charge is 0.372 e. The number of carbonyl (C=O) groups is 1. The normalized spacial score (nSPS) is 20.6. The molecule has 4 heteroatoms. The van der Waals surface area contributed by atoms with Crippen LogP contribution in [0.15, 0.2) is 4.42 Å². The predicted octanol–water partition coefficient (Wildman–Crippen LogP) is 1.66. The summed E-state index contributed by atoms with van der Waals surface area (Å²) in [7, 11) is 0. The molecular formula is C10H12O4. The lowest BCUT2D eigenvalue weighted by atomic mass is 9.92. The second kappa shape index (κ2) is 3.13. The molecule has 0 aliphatic heterocycles. The molecule has 2 N–H and O–H groups in total. The summed E-state index contributed by atoms with van der Waals surface area (Å²) in [5.74, 6) is -0.460. The van der Waals surface area contributed by atoms with Crippen molar-refractivity contribution in [1.82, 2.24) is 0 Å². The standard InChI is InChI=1S/C10H12O4/c1-5-8-6(11)3-2-4-7(8)14-9(5)10(12)13/h6,11H,2-4H2,1H3,(H,12,13)/t6-/m1/s1. The first-order valence-corrected chi connectivity index (χ1v) is 4.64. The molecule has 0 amide bonds. The van der Waals surface area contributed by atoms with Gasteiger partial charge in [-0.15, -0.1) is 0 Å². The molecule has 1 aromatic heterocycles. The Morgan fingerprint density at radius 2 is 2.29 bits per heavy atom. The Morgan fingerprint density at radius 1 is 1.57 bits per heavy atom. The number of aryl methyl sites for hydroxylation is 1. The third-order valence-corrected chi connectivity index (χ3v) is 2.68. The zero-order chi connectivity index (χ0) is 10.3. The van der Waals surface area contributed by atoms with Crippen molar-refractivity contribution in [3.05, 3.63) is 22.6 Å². The van der Waals surface area contributed by atoms with Crippen LogP contribution in [-0.4, -0.2) is 16.2 Å². The fourth-order valence-corrected chi connectivity index (χ4v) is 2.01. The topological polar surface area (TPSA) is 70.7 Å². The Morgan fingerprint density at radius 3 is 2.86 bits per heavy atom. The molecule has 4 nitrogen and oxygen atoms in total. The van der Waals surface area contributed by atoms with Gasteiger partial charge < -0.3 is 14.6 Å². The lowest BCUT2D eigenvalue weighted by Crippen LogP contribution is -2.07. The molecule has 0 saturated carbocycles. The number of carboxylic acids is 1. The maximum Gasteiger partial charge on any atom is 0.372 e. The summed E-state index contributed by atoms with van der Waals surface area (Å²) in [5.41, 5.74) is 1.26. The number of fused-ring (bicyclic) bond motifs is 1. The molecule has 14 heavy (non-hydrogen) atoms. The quantitative estimate of drug-likeness (QED) is 0.716. The van der Waals surface area contributed by atoms with Crippen molar-refractivity contribution in [2.24, 2.45) is 0 Å². The molecule has 0 spiro atoms. The highest BCUT2D eigenvalue weighted by Crippen LogP contribution is 2.35. The summed E-state index contributed by atoms with van der Waals surface area (Å²) in [6.07, 6.45) is 1.70. The van der Waals surface area contributed by atoms with Crippen LogP contribution in [-0.2, 0) is 6.42 Å². The van der Waals surface area contributed by atoms with Gasteiger partial charge in [-0.2, -0.15) is 0 Å². The number of hydrogen-bond donors (Lipinski definition) is 2. The van der Waals surface area contributed by atoms with E-state index in [1.54, 1.807) is 6.92 Å². The maximum atomic E-state index is 10.8. The molecule has 0 radical (unpaired) electrons. The van der Waals surface area contributed by atoms with Crippen molar-refractivity contribution in [2.45, 2.75) is 32.3 Å². The van der Waals surface area contributed by atoms with E-state index in [4.69, 9.17) is 9.52 Å². The lowest BCUT2D eigenvalue weighted by Gasteiger charge is -2.16. The summed E-state index contributed by atoms with van der Waals surface area (Å²) in [6, 6.07) is 0. The van der Waals surface area contributed by atoms with E-state index in [1.807, 2.05) is 0 Å². The van der Waals surface area contributed by atoms with Gasteiger partial charge in [0.25, 0.3) is 0 Å². The molecule has 0 saturated heterocycles. The maximum absolute atomic E-state index is 10.8. The van der Waals surface area contributed by atoms with E-state index in [2.05, 4.69) is 0 Å². The predicted molar refractivity (Wildman–Crippen MR) is 48.3 cm³/mol. The molecule has 0 unspecified atom stereocenters. The third-order valence-electron chi connectivity index (χ3n) is 2.68. The largest absolute Gasteiger partial charge is 0.475 e. The van der Waals surface area contributed by atoms with Gasteiger partial charge in [0.15, 0.2) is 0 Å². The van der Waals surface area contributed by atoms with E-state index in [-0.39, 0.29) is 5.76 Å². The van der Waals surface area contributed by atoms with Crippen LogP contribution in [0.2, 0.25) is 0 Å². The van der Waals surface area contributed by atoms with E-state index < -0.39 is 12.1 Å². The number of aliphatic hydroxyl groups excluding tert-OH is 1. The summed E-state index contributed by atoms with van der Waals surface area (Å²) >= 11 is 0. The first kappa shape index (κ1) is 9.27. The molecule has 0 fully saturated rings. The monoisotopic (exact) mass is 196 g/mol. The van der Waals surface area contributed by atoms with Crippen LogP contribution in [0.3, 0.4) is 0 Å². The van der Waals surface area contributed by atoms with E-state index in [0.717, 1.165) is 12.8 Å². The van der Waals surface area contributed by atoms with Gasteiger partial charge in [0.2, 0.25) is 5.76 Å². The molecule has 1 heterocycles. The minimum Gasteiger partial charge on any atom is -0.475 e. The molecule has 1 atom stereocenters. The van der Waals surface area contributed by atoms with Gasteiger partial charge in [0.1, 0.15) is 5.76 Å². The second-order valence-corrected chi connectivity index (χ2v) is 3.61. The number of carboxylic acid groups (broad SMARTS) is 1. The zero-order valence-electron chi connectivity index (χ0n) is 7.91. The van der Waals surface area contributed by atoms with Crippen molar-refractivity contribution >= 4 is 5.97 Å². The molecule has 1 aliphatic rings. The van der Waals surface area contributed by atoms with Gasteiger partial charge in [-0.25, -0.2) is 4.79 Å². The van der Waals surface area contributed by atoms with Crippen LogP contribution >= 0.6 is 0 Å². The summed E-state index contributed by atoms with van der Waals surface area (Å²) in [5, 5.41) is 18.5. The second-order valence-electron chi connectivity index (χ2n) is 3.61. The van der Waals surface area contributed by atoms with Crippen molar-refractivity contribution in [3.8, 4) is 0 Å². The van der Waals surface area contributed by atoms with Crippen molar-refractivity contribution < 1.29 is 19.4 Å². The number of furan rings is 1. The lowest BCUT2D eigenvalue weighted by molar-refractivity contribution is 0.0658. The minimum absolute atomic E-state index is 0.0315. The Hall–Kier alpha value is -1.29. The Kier molecular flexibility index (Phi) is 2.07. The average molecular weight is 196 g/mol. The minimum atomic E-state index is -1.07. The van der Waals surface area contributed by atoms with E-state index >= 15 is 0 Å². The van der Waals surface area contributed by atoms with Gasteiger partial charge in [-0.1, -0.05) is 0 Å². The Bertz CT molecular complexity index is 378. The Balaban J connectivity index is 2.55. The highest BCUT2D eigenvalue weighted by molar-refractivity contribution is 5.86. The molecule has 76 valence electrons. The fourth-order valence-electron chi connectivity index (χ4n) is 2.01. The van der Waals surface area contributed by atoms with E-state index in [9.17, 15) is 9.90 Å². The van der Waals surface area contributed by atoms with Gasteiger partial charge in [0.05, 0.1) is 6.10 Å². The summed E-state index contributed by atoms with van der Waals surface area (Å²) < 4.78 is 5.21. The highest BCUT2D eigenvalue weighted by atomic mass is 16.4. The number of rotatable bonds is 1. The van der Waals surface area contributed by atoms with Crippen LogP contribution in [0, 0.1) is 6.92 Å². The molecule has 0 aromatic carbocycles. The number of aliphatic hydroxyl groups is 1. The number of aromatic carboxylic acids is 1. The van der Waals surface area contributed by atoms with Crippen LogP contribution in [0.25, 0.3) is 0 Å². The van der Waals surface area contributed by atoms with Crippen molar-refractivity contribution in [2.75, 3.05) is 0 Å². The summed E-state index contributed by atoms with van der Waals surface area (Å²) in [4.78, 5) is 10.8. The summed E-state index contributed by atoms with van der Waals surface area (Å²) in [6.45, 7) is 1.68. The highest BCUT2D eigenvalue weighted by Gasteiger charge is 2.28. The number of hydrogen-bond acceptors (Lipinski definition) is 3. The first-order valence-electron chi connectivity index (χ1n) is 4.64. The molecule has 0 bridgehead atoms. The van der Waals surface area contributed by atoms with E-state index in [1.165, 1.54) is 0 Å². The van der Waals surface area contributed by atoms with Gasteiger partial charge >= 0.3 is 5.97 Å². The zero-order valence-corrected chi connectivity index (χ0v) is 7.91. The van der Waals surface area contributed by atoms with Gasteiger partial charge in [0, 0.05) is 17.5 Å². The van der Waals surface area contributed by atoms with Gasteiger partial charge in [-0.3, -0.25) is 0 Å². The van der Waals surface area contributed by atoms with Crippen LogP contribution < -0.4 is 0 Å². The molecule has 1 aliphatic carbocycles. The van der Waals surface area contributed by atoms with Gasteiger partial charge in [-0.05, 0) is 19.8 Å². The molecule has 1 aromatic rings. The Labute approximate surface area is 81.2 Å². The van der Waals surface area contributed by atoms with E-state index in [0.29, 0.717) is 23.3 Å². The molecular weight excluding hydrogens is 184 g/mol. The molecule has 2 rings (SSSR count). The SMILES string of the molecule is Cc1c(C(=O)O)oc2c1[C@H](O)CCC2. The first-order chi connectivity index (χ1) is 6.61. The van der Waals surface area contributed by atoms with Crippen molar-refractivity contribution in [1.29, 1.82) is 0 Å². The van der Waals surface area contributed by atoms with Crippen LogP contribution in [0.4, 0.5) is 0 Å². The van der Waals surface area contributed by atoms with Crippen LogP contribution in [0.1, 0.15) is 46.4 Å². The third kappa shape index (κ3) is 1.23. The van der Waals surface area contributed by atoms with Crippen LogP contribution in [0.5, 0.6) is 0 Å². The fraction of sp³-hybridized carbons (Fsp3) is 0.500. The average Bonchev–Trinajstić information content (AvgIpc) is 2.45. The van der Waals surface area contributed by atoms with Crippen molar-refractivity contribution in [3.63, 3.8) is 0 Å².